The fourth-order valence-corrected chi connectivity index (χ4v) is 3.70. The van der Waals surface area contributed by atoms with Gasteiger partial charge in [-0.25, -0.2) is 0 Å². The van der Waals surface area contributed by atoms with Crippen LogP contribution in [0.3, 0.4) is 0 Å². The molecule has 0 saturated carbocycles. The van der Waals surface area contributed by atoms with Crippen molar-refractivity contribution in [3.63, 3.8) is 0 Å². The maximum Gasteiger partial charge on any atom is 0.313 e. The number of carbonyl (C=O) groups excluding carboxylic acids is 3. The number of nitrogens with two attached hydrogens (primary N) is 1. The molecule has 172 valence electrons. The first-order valence-corrected chi connectivity index (χ1v) is 10.6. The lowest BCUT2D eigenvalue weighted by Crippen LogP contribution is -2.42. The second-order valence-corrected chi connectivity index (χ2v) is 8.67. The van der Waals surface area contributed by atoms with Gasteiger partial charge in [-0.2, -0.15) is 0 Å². The fourth-order valence-electron chi connectivity index (χ4n) is 3.13. The summed E-state index contributed by atoms with van der Waals surface area (Å²) in [6.07, 6.45) is 0. The predicted molar refractivity (Wildman–Crippen MR) is 123 cm³/mol. The number of rotatable bonds is 7. The van der Waals surface area contributed by atoms with Gasteiger partial charge in [-0.3, -0.25) is 14.4 Å². The topological polar surface area (TPSA) is 131 Å². The quantitative estimate of drug-likeness (QED) is 0.437. The molecule has 0 unspecified atom stereocenters. The van der Waals surface area contributed by atoms with Crippen LogP contribution in [0.1, 0.15) is 38.1 Å². The Balaban J connectivity index is 2.28. The van der Waals surface area contributed by atoms with Gasteiger partial charge in [0.25, 0.3) is 5.91 Å². The third kappa shape index (κ3) is 6.27. The van der Waals surface area contributed by atoms with Crippen LogP contribution in [-0.4, -0.2) is 28.9 Å². The Kier molecular flexibility index (Phi) is 8.35. The number of anilines is 1. The highest BCUT2D eigenvalue weighted by Gasteiger charge is 2.23. The van der Waals surface area contributed by atoms with Crippen molar-refractivity contribution in [2.45, 2.75) is 33.7 Å². The summed E-state index contributed by atoms with van der Waals surface area (Å²) in [5, 5.41) is 15.5. The largest absolute Gasteiger partial charge is 0.507 e. The van der Waals surface area contributed by atoms with Gasteiger partial charge < -0.3 is 26.2 Å². The number of amides is 3. The molecule has 3 amide bonds. The van der Waals surface area contributed by atoms with Crippen LogP contribution in [0.5, 0.6) is 17.2 Å². The maximum atomic E-state index is 12.8. The van der Waals surface area contributed by atoms with Gasteiger partial charge in [0, 0.05) is 11.7 Å². The van der Waals surface area contributed by atoms with Crippen molar-refractivity contribution in [1.29, 1.82) is 0 Å². The summed E-state index contributed by atoms with van der Waals surface area (Å²) in [5.41, 5.74) is 5.09. The Morgan fingerprint density at radius 2 is 1.56 bits per heavy atom. The Labute approximate surface area is 196 Å². The van der Waals surface area contributed by atoms with Crippen LogP contribution in [-0.2, 0) is 9.59 Å². The molecule has 0 radical (unpaired) electrons. The molecule has 0 aliphatic rings. The molecule has 0 aliphatic heterocycles. The highest BCUT2D eigenvalue weighted by molar-refractivity contribution is 6.40. The Hall–Kier alpha value is -2.97. The van der Waals surface area contributed by atoms with Crippen molar-refractivity contribution in [3.05, 3.63) is 45.9 Å². The minimum absolute atomic E-state index is 0.0337. The van der Waals surface area contributed by atoms with E-state index in [9.17, 15) is 19.5 Å². The molecule has 0 saturated heterocycles. The number of primary amides is 1. The summed E-state index contributed by atoms with van der Waals surface area (Å²) in [7, 11) is 0. The molecule has 8 nitrogen and oxygen atoms in total. The van der Waals surface area contributed by atoms with Gasteiger partial charge in [0.15, 0.2) is 5.75 Å². The summed E-state index contributed by atoms with van der Waals surface area (Å²) in [6.45, 7) is 8.02. The lowest BCUT2D eigenvalue weighted by atomic mass is 9.93. The Morgan fingerprint density at radius 1 is 1.00 bits per heavy atom. The average Bonchev–Trinajstić information content (AvgIpc) is 2.69. The lowest BCUT2D eigenvalue weighted by molar-refractivity contribution is -0.134. The van der Waals surface area contributed by atoms with Crippen LogP contribution < -0.4 is 21.1 Å². The molecule has 0 bridgehead atoms. The molecule has 0 fully saturated rings. The molecular weight excluding hydrogens is 457 g/mol. The summed E-state index contributed by atoms with van der Waals surface area (Å²) < 4.78 is 5.73. The first-order valence-electron chi connectivity index (χ1n) is 9.82. The van der Waals surface area contributed by atoms with Gasteiger partial charge >= 0.3 is 11.8 Å². The normalized spacial score (nSPS) is 11.0. The zero-order valence-electron chi connectivity index (χ0n) is 18.0. The number of nitrogens with one attached hydrogen (secondary N) is 2. The van der Waals surface area contributed by atoms with Gasteiger partial charge in [0.1, 0.15) is 11.5 Å². The maximum absolute atomic E-state index is 12.8. The zero-order chi connectivity index (χ0) is 24.2. The van der Waals surface area contributed by atoms with Gasteiger partial charge in [0.05, 0.1) is 15.6 Å². The molecule has 2 rings (SSSR count). The molecule has 0 aliphatic carbocycles. The monoisotopic (exact) mass is 481 g/mol. The van der Waals surface area contributed by atoms with E-state index < -0.39 is 17.7 Å². The number of benzene rings is 2. The SMILES string of the molecule is CC(C)C(NC(=O)c1cc(Oc2c(Cl)cc(NC(=O)C(N)=O)cc2Cl)ccc1O)C(C)C. The second-order valence-electron chi connectivity index (χ2n) is 7.86. The molecule has 2 aromatic carbocycles. The third-order valence-electron chi connectivity index (χ3n) is 4.65. The summed E-state index contributed by atoms with van der Waals surface area (Å²) in [4.78, 5) is 35.1. The molecule has 5 N–H and O–H groups in total. The fraction of sp³-hybridized carbons (Fsp3) is 0.318. The standard InChI is InChI=1S/C22H25Cl2N3O5/c1-10(2)18(11(3)4)27-21(30)14-9-13(5-6-17(14)28)32-19-15(23)7-12(8-16(19)24)26-22(31)20(25)29/h5-11,18,28H,1-4H3,(H2,25,29)(H,26,31)(H,27,30). The smallest absolute Gasteiger partial charge is 0.313 e. The van der Waals surface area contributed by atoms with Crippen molar-refractivity contribution in [2.75, 3.05) is 5.32 Å². The number of hydrogen-bond acceptors (Lipinski definition) is 5. The first-order chi connectivity index (χ1) is 14.9. The molecule has 2 aromatic rings. The predicted octanol–water partition coefficient (Wildman–Crippen LogP) is 4.33. The van der Waals surface area contributed by atoms with E-state index in [1.807, 2.05) is 27.7 Å². The van der Waals surface area contributed by atoms with E-state index in [2.05, 4.69) is 10.6 Å². The van der Waals surface area contributed by atoms with Crippen molar-refractivity contribution in [1.82, 2.24) is 5.32 Å². The number of carbonyl (C=O) groups is 3. The minimum Gasteiger partial charge on any atom is -0.507 e. The van der Waals surface area contributed by atoms with Crippen LogP contribution in [0.2, 0.25) is 10.0 Å². The van der Waals surface area contributed by atoms with E-state index in [4.69, 9.17) is 33.7 Å². The van der Waals surface area contributed by atoms with Crippen LogP contribution in [0.15, 0.2) is 30.3 Å². The number of ether oxygens (including phenoxy) is 1. The first kappa shape index (κ1) is 25.3. The molecule has 0 aromatic heterocycles. The van der Waals surface area contributed by atoms with Crippen molar-refractivity contribution >= 4 is 46.6 Å². The van der Waals surface area contributed by atoms with Crippen LogP contribution in [0, 0.1) is 11.8 Å². The summed E-state index contributed by atoms with van der Waals surface area (Å²) in [5.74, 6) is -2.17. The van der Waals surface area contributed by atoms with Gasteiger partial charge in [-0.05, 0) is 42.2 Å². The molecule has 32 heavy (non-hydrogen) atoms. The number of hydrogen-bond donors (Lipinski definition) is 4. The number of aromatic hydroxyl groups is 1. The van der Waals surface area contributed by atoms with Gasteiger partial charge in [-0.1, -0.05) is 50.9 Å². The van der Waals surface area contributed by atoms with E-state index in [0.717, 1.165) is 0 Å². The lowest BCUT2D eigenvalue weighted by Gasteiger charge is -2.26. The van der Waals surface area contributed by atoms with E-state index >= 15 is 0 Å². The zero-order valence-corrected chi connectivity index (χ0v) is 19.5. The van der Waals surface area contributed by atoms with E-state index in [1.165, 1.54) is 30.3 Å². The minimum atomic E-state index is -1.16. The van der Waals surface area contributed by atoms with Gasteiger partial charge in [-0.15, -0.1) is 0 Å². The highest BCUT2D eigenvalue weighted by atomic mass is 35.5. The number of halogens is 2. The van der Waals surface area contributed by atoms with E-state index in [1.54, 1.807) is 0 Å². The van der Waals surface area contributed by atoms with Crippen LogP contribution in [0.25, 0.3) is 0 Å². The molecule has 0 atom stereocenters. The molecular formula is C22H25Cl2N3O5. The van der Waals surface area contributed by atoms with E-state index in [0.29, 0.717) is 0 Å². The van der Waals surface area contributed by atoms with Crippen molar-refractivity contribution in [3.8, 4) is 17.2 Å². The Morgan fingerprint density at radius 3 is 2.06 bits per heavy atom. The van der Waals surface area contributed by atoms with Crippen molar-refractivity contribution in [2.24, 2.45) is 17.6 Å². The highest BCUT2D eigenvalue weighted by Crippen LogP contribution is 2.39. The second kappa shape index (κ2) is 10.6. The molecule has 10 heteroatoms. The average molecular weight is 482 g/mol. The summed E-state index contributed by atoms with van der Waals surface area (Å²) >= 11 is 12.4. The van der Waals surface area contributed by atoms with E-state index in [-0.39, 0.29) is 56.4 Å². The van der Waals surface area contributed by atoms with Gasteiger partial charge in [0.2, 0.25) is 0 Å². The van der Waals surface area contributed by atoms with Crippen molar-refractivity contribution < 1.29 is 24.2 Å². The Bertz CT molecular complexity index is 1010. The summed E-state index contributed by atoms with van der Waals surface area (Å²) in [6, 6.07) is 6.72. The number of phenolic OH excluding ortho intramolecular Hbond substituents is 1. The number of phenols is 1. The third-order valence-corrected chi connectivity index (χ3v) is 5.21. The van der Waals surface area contributed by atoms with Crippen LogP contribution >= 0.6 is 23.2 Å². The van der Waals surface area contributed by atoms with Crippen LogP contribution in [0.4, 0.5) is 5.69 Å². The molecule has 0 heterocycles. The molecule has 0 spiro atoms.